The Morgan fingerprint density at radius 2 is 1.73 bits per heavy atom. The molecular weight excluding hydrogens is 284 g/mol. The van der Waals surface area contributed by atoms with Crippen molar-refractivity contribution in [2.75, 3.05) is 40.0 Å². The SMILES string of the molecule is CCC(=O)N1CCC(N(C(=O)COC)C2CCOCC2)CC1. The van der Waals surface area contributed by atoms with E-state index >= 15 is 0 Å². The van der Waals surface area contributed by atoms with E-state index in [1.807, 2.05) is 16.7 Å². The van der Waals surface area contributed by atoms with Gasteiger partial charge in [0.15, 0.2) is 0 Å². The third-order valence-electron chi connectivity index (χ3n) is 4.65. The van der Waals surface area contributed by atoms with Crippen molar-refractivity contribution in [3.63, 3.8) is 0 Å². The van der Waals surface area contributed by atoms with E-state index in [0.29, 0.717) is 19.6 Å². The Bertz CT molecular complexity index is 374. The minimum atomic E-state index is 0.0645. The average Bonchev–Trinajstić information content (AvgIpc) is 2.56. The zero-order valence-electron chi connectivity index (χ0n) is 13.8. The van der Waals surface area contributed by atoms with Gasteiger partial charge in [0, 0.05) is 51.9 Å². The van der Waals surface area contributed by atoms with Crippen LogP contribution < -0.4 is 0 Å². The Kier molecular flexibility index (Phi) is 6.64. The fourth-order valence-corrected chi connectivity index (χ4v) is 3.48. The number of likely N-dealkylation sites (tertiary alicyclic amines) is 1. The molecule has 2 heterocycles. The lowest BCUT2D eigenvalue weighted by atomic mass is 9.97. The zero-order valence-corrected chi connectivity index (χ0v) is 13.8. The third-order valence-corrected chi connectivity index (χ3v) is 4.65. The molecule has 0 radical (unpaired) electrons. The van der Waals surface area contributed by atoms with Gasteiger partial charge in [0.05, 0.1) is 0 Å². The van der Waals surface area contributed by atoms with E-state index < -0.39 is 0 Å². The topological polar surface area (TPSA) is 59.1 Å². The van der Waals surface area contributed by atoms with E-state index in [9.17, 15) is 9.59 Å². The van der Waals surface area contributed by atoms with Crippen LogP contribution >= 0.6 is 0 Å². The molecule has 0 aromatic heterocycles. The van der Waals surface area contributed by atoms with Crippen molar-refractivity contribution >= 4 is 11.8 Å². The molecule has 0 N–H and O–H groups in total. The number of carbonyl (C=O) groups is 2. The molecule has 0 aliphatic carbocycles. The molecule has 2 amide bonds. The summed E-state index contributed by atoms with van der Waals surface area (Å²) < 4.78 is 10.5. The summed E-state index contributed by atoms with van der Waals surface area (Å²) in [6, 6.07) is 0.460. The fraction of sp³-hybridized carbons (Fsp3) is 0.875. The van der Waals surface area contributed by atoms with Crippen LogP contribution in [0.4, 0.5) is 0 Å². The van der Waals surface area contributed by atoms with Gasteiger partial charge in [-0.3, -0.25) is 9.59 Å². The molecule has 2 aliphatic heterocycles. The first-order chi connectivity index (χ1) is 10.7. The van der Waals surface area contributed by atoms with Crippen LogP contribution in [0.25, 0.3) is 0 Å². The first-order valence-corrected chi connectivity index (χ1v) is 8.33. The summed E-state index contributed by atoms with van der Waals surface area (Å²) in [6.45, 7) is 4.95. The van der Waals surface area contributed by atoms with Crippen molar-refractivity contribution in [3.8, 4) is 0 Å². The minimum Gasteiger partial charge on any atom is -0.381 e. The summed E-state index contributed by atoms with van der Waals surface area (Å²) in [5, 5.41) is 0. The summed E-state index contributed by atoms with van der Waals surface area (Å²) in [5.74, 6) is 0.272. The van der Waals surface area contributed by atoms with Crippen LogP contribution in [0.3, 0.4) is 0 Å². The maximum absolute atomic E-state index is 12.5. The summed E-state index contributed by atoms with van der Waals surface area (Å²) in [5.41, 5.74) is 0. The Labute approximate surface area is 132 Å². The first kappa shape index (κ1) is 17.2. The predicted octanol–water partition coefficient (Wildman–Crippen LogP) is 1.04. The van der Waals surface area contributed by atoms with Crippen molar-refractivity contribution in [1.29, 1.82) is 0 Å². The molecule has 2 aliphatic rings. The van der Waals surface area contributed by atoms with Crippen molar-refractivity contribution < 1.29 is 19.1 Å². The number of hydrogen-bond acceptors (Lipinski definition) is 4. The molecule has 0 spiro atoms. The maximum Gasteiger partial charge on any atom is 0.249 e. The first-order valence-electron chi connectivity index (χ1n) is 8.33. The normalized spacial score (nSPS) is 20.9. The Hall–Kier alpha value is -1.14. The van der Waals surface area contributed by atoms with Crippen LogP contribution in [0, 0.1) is 0 Å². The number of amides is 2. The molecule has 0 atom stereocenters. The number of piperidine rings is 1. The lowest BCUT2D eigenvalue weighted by Gasteiger charge is -2.43. The highest BCUT2D eigenvalue weighted by atomic mass is 16.5. The van der Waals surface area contributed by atoms with Crippen LogP contribution in [0.5, 0.6) is 0 Å². The number of ether oxygens (including phenoxy) is 2. The number of hydrogen-bond donors (Lipinski definition) is 0. The van der Waals surface area contributed by atoms with Crippen LogP contribution in [-0.2, 0) is 19.1 Å². The molecule has 2 saturated heterocycles. The number of nitrogens with zero attached hydrogens (tertiary/aromatic N) is 2. The molecule has 0 bridgehead atoms. The monoisotopic (exact) mass is 312 g/mol. The average molecular weight is 312 g/mol. The van der Waals surface area contributed by atoms with Gasteiger partial charge in [-0.2, -0.15) is 0 Å². The Balaban J connectivity index is 1.99. The molecule has 0 saturated carbocycles. The highest BCUT2D eigenvalue weighted by Crippen LogP contribution is 2.24. The largest absolute Gasteiger partial charge is 0.381 e. The molecule has 6 nitrogen and oxygen atoms in total. The van der Waals surface area contributed by atoms with Gasteiger partial charge in [-0.05, 0) is 25.7 Å². The van der Waals surface area contributed by atoms with Crippen molar-refractivity contribution in [2.24, 2.45) is 0 Å². The molecule has 126 valence electrons. The molecule has 0 aromatic carbocycles. The second-order valence-electron chi connectivity index (χ2n) is 6.04. The van der Waals surface area contributed by atoms with Gasteiger partial charge in [0.2, 0.25) is 11.8 Å². The number of carbonyl (C=O) groups excluding carboxylic acids is 2. The Morgan fingerprint density at radius 3 is 2.27 bits per heavy atom. The van der Waals surface area contributed by atoms with E-state index in [-0.39, 0.29) is 30.5 Å². The van der Waals surface area contributed by atoms with E-state index in [1.165, 1.54) is 0 Å². The number of rotatable bonds is 5. The van der Waals surface area contributed by atoms with Gasteiger partial charge in [-0.1, -0.05) is 6.92 Å². The lowest BCUT2D eigenvalue weighted by Crippen LogP contribution is -2.54. The Morgan fingerprint density at radius 1 is 1.14 bits per heavy atom. The molecule has 22 heavy (non-hydrogen) atoms. The van der Waals surface area contributed by atoms with Gasteiger partial charge in [0.1, 0.15) is 6.61 Å². The van der Waals surface area contributed by atoms with Crippen molar-refractivity contribution in [2.45, 2.75) is 51.1 Å². The predicted molar refractivity (Wildman–Crippen MR) is 82.5 cm³/mol. The summed E-state index contributed by atoms with van der Waals surface area (Å²) in [6.07, 6.45) is 4.06. The molecule has 0 aromatic rings. The molecular formula is C16H28N2O4. The van der Waals surface area contributed by atoms with Crippen molar-refractivity contribution in [3.05, 3.63) is 0 Å². The highest BCUT2D eigenvalue weighted by molar-refractivity contribution is 5.78. The second kappa shape index (κ2) is 8.48. The lowest BCUT2D eigenvalue weighted by molar-refractivity contribution is -0.144. The summed E-state index contributed by atoms with van der Waals surface area (Å²) in [7, 11) is 1.56. The molecule has 2 rings (SSSR count). The van der Waals surface area contributed by atoms with E-state index in [2.05, 4.69) is 0 Å². The third kappa shape index (κ3) is 4.20. The zero-order chi connectivity index (χ0) is 15.9. The van der Waals surface area contributed by atoms with Gasteiger partial charge in [-0.15, -0.1) is 0 Å². The van der Waals surface area contributed by atoms with Crippen LogP contribution in [-0.4, -0.2) is 73.7 Å². The molecule has 6 heteroatoms. The fourth-order valence-electron chi connectivity index (χ4n) is 3.48. The van der Waals surface area contributed by atoms with E-state index in [0.717, 1.165) is 38.8 Å². The minimum absolute atomic E-state index is 0.0645. The second-order valence-corrected chi connectivity index (χ2v) is 6.04. The van der Waals surface area contributed by atoms with Crippen LogP contribution in [0.15, 0.2) is 0 Å². The van der Waals surface area contributed by atoms with Gasteiger partial charge < -0.3 is 19.3 Å². The van der Waals surface area contributed by atoms with Gasteiger partial charge >= 0.3 is 0 Å². The van der Waals surface area contributed by atoms with Crippen LogP contribution in [0.1, 0.15) is 39.0 Å². The van der Waals surface area contributed by atoms with Crippen LogP contribution in [0.2, 0.25) is 0 Å². The number of methoxy groups -OCH3 is 1. The summed E-state index contributed by atoms with van der Waals surface area (Å²) >= 11 is 0. The quantitative estimate of drug-likeness (QED) is 0.761. The smallest absolute Gasteiger partial charge is 0.249 e. The standard InChI is InChI=1S/C16H28N2O4/c1-3-15(19)17-8-4-13(5-9-17)18(16(20)12-21-2)14-6-10-22-11-7-14/h13-14H,3-12H2,1-2H3. The van der Waals surface area contributed by atoms with E-state index in [4.69, 9.17) is 9.47 Å². The molecule has 2 fully saturated rings. The van der Waals surface area contributed by atoms with E-state index in [1.54, 1.807) is 7.11 Å². The molecule has 0 unspecified atom stereocenters. The van der Waals surface area contributed by atoms with Crippen molar-refractivity contribution in [1.82, 2.24) is 9.80 Å². The van der Waals surface area contributed by atoms with Gasteiger partial charge in [0.25, 0.3) is 0 Å². The van der Waals surface area contributed by atoms with Gasteiger partial charge in [-0.25, -0.2) is 0 Å². The summed E-state index contributed by atoms with van der Waals surface area (Å²) in [4.78, 5) is 28.2. The highest BCUT2D eigenvalue weighted by Gasteiger charge is 2.34. The maximum atomic E-state index is 12.5.